The van der Waals surface area contributed by atoms with Gasteiger partial charge in [0.25, 0.3) is 14.7 Å². The molecule has 4 rings (SSSR count). The van der Waals surface area contributed by atoms with Crippen LogP contribution in [-0.4, -0.2) is 18.9 Å². The second-order valence-corrected chi connectivity index (χ2v) is 11.3. The SMILES string of the molecule is CC(C)(C)c1c(CO[Si](c2ccccc2)c2ccccc2)nc2c([N+](=O)[O-])cccc2c1Cl. The Bertz CT molecular complexity index is 1250. The molecule has 7 heteroatoms. The van der Waals surface area contributed by atoms with E-state index in [4.69, 9.17) is 21.0 Å². The topological polar surface area (TPSA) is 65.3 Å². The smallest absolute Gasteiger partial charge is 0.295 e. The molecule has 3 aromatic carbocycles. The minimum atomic E-state index is -1.57. The van der Waals surface area contributed by atoms with Gasteiger partial charge >= 0.3 is 0 Å². The summed E-state index contributed by atoms with van der Waals surface area (Å²) in [6.07, 6.45) is 0. The van der Waals surface area contributed by atoms with Crippen LogP contribution in [0.3, 0.4) is 0 Å². The summed E-state index contributed by atoms with van der Waals surface area (Å²) >= 11 is 6.85. The molecule has 0 spiro atoms. The third-order valence-corrected chi connectivity index (χ3v) is 7.92. The second-order valence-electron chi connectivity index (χ2n) is 8.78. The Morgan fingerprint density at radius 3 is 2.03 bits per heavy atom. The van der Waals surface area contributed by atoms with Crippen LogP contribution in [0, 0.1) is 10.1 Å². The van der Waals surface area contributed by atoms with Crippen LogP contribution < -0.4 is 10.4 Å². The Morgan fingerprint density at radius 2 is 1.52 bits per heavy atom. The van der Waals surface area contributed by atoms with Gasteiger partial charge in [-0.2, -0.15) is 0 Å². The molecule has 0 bridgehead atoms. The molecule has 33 heavy (non-hydrogen) atoms. The number of para-hydroxylation sites is 1. The molecule has 1 aromatic heterocycles. The Kier molecular flexibility index (Phi) is 6.60. The zero-order valence-corrected chi connectivity index (χ0v) is 20.5. The molecule has 0 aliphatic heterocycles. The highest BCUT2D eigenvalue weighted by Crippen LogP contribution is 2.39. The average Bonchev–Trinajstić information content (AvgIpc) is 2.79. The van der Waals surface area contributed by atoms with E-state index in [-0.39, 0.29) is 23.2 Å². The number of pyridine rings is 1. The number of halogens is 1. The Morgan fingerprint density at radius 1 is 0.939 bits per heavy atom. The highest BCUT2D eigenvalue weighted by atomic mass is 35.5. The van der Waals surface area contributed by atoms with E-state index in [1.54, 1.807) is 12.1 Å². The molecular weight excluding hydrogens is 452 g/mol. The van der Waals surface area contributed by atoms with Gasteiger partial charge in [-0.15, -0.1) is 0 Å². The molecule has 0 saturated carbocycles. The molecular formula is C26H24ClN2O3Si. The fraction of sp³-hybridized carbons (Fsp3) is 0.192. The number of nitro groups is 1. The monoisotopic (exact) mass is 475 g/mol. The summed E-state index contributed by atoms with van der Waals surface area (Å²) < 4.78 is 6.55. The lowest BCUT2D eigenvalue weighted by Gasteiger charge is -2.26. The van der Waals surface area contributed by atoms with Crippen molar-refractivity contribution in [2.75, 3.05) is 0 Å². The molecule has 1 radical (unpaired) electrons. The van der Waals surface area contributed by atoms with E-state index in [0.29, 0.717) is 16.1 Å². The minimum Gasteiger partial charge on any atom is -0.401 e. The van der Waals surface area contributed by atoms with Gasteiger partial charge < -0.3 is 4.43 Å². The Labute approximate surface area is 199 Å². The predicted molar refractivity (Wildman–Crippen MR) is 135 cm³/mol. The summed E-state index contributed by atoms with van der Waals surface area (Å²) in [6, 6.07) is 25.1. The maximum atomic E-state index is 11.7. The van der Waals surface area contributed by atoms with Crippen LogP contribution in [0.25, 0.3) is 10.9 Å². The first-order valence-corrected chi connectivity index (χ1v) is 12.4. The fourth-order valence-corrected chi connectivity index (χ4v) is 6.43. The van der Waals surface area contributed by atoms with Crippen molar-refractivity contribution < 1.29 is 9.35 Å². The van der Waals surface area contributed by atoms with Crippen LogP contribution in [-0.2, 0) is 16.4 Å². The largest absolute Gasteiger partial charge is 0.401 e. The molecule has 5 nitrogen and oxygen atoms in total. The molecule has 4 aromatic rings. The third kappa shape index (κ3) is 4.83. The first-order chi connectivity index (χ1) is 15.8. The third-order valence-electron chi connectivity index (χ3n) is 5.38. The van der Waals surface area contributed by atoms with E-state index in [0.717, 1.165) is 15.9 Å². The van der Waals surface area contributed by atoms with Crippen LogP contribution in [0.4, 0.5) is 5.69 Å². The molecule has 0 fully saturated rings. The lowest BCUT2D eigenvalue weighted by molar-refractivity contribution is -0.383. The number of nitrogens with zero attached hydrogens (tertiary/aromatic N) is 2. The second kappa shape index (κ2) is 9.43. The van der Waals surface area contributed by atoms with Gasteiger partial charge in [-0.25, -0.2) is 4.98 Å². The zero-order chi connectivity index (χ0) is 23.6. The summed E-state index contributed by atoms with van der Waals surface area (Å²) in [4.78, 5) is 16.0. The predicted octanol–water partition coefficient (Wildman–Crippen LogP) is 5.42. The zero-order valence-electron chi connectivity index (χ0n) is 18.7. The first kappa shape index (κ1) is 23.1. The van der Waals surface area contributed by atoms with E-state index in [1.807, 2.05) is 36.4 Å². The molecule has 167 valence electrons. The lowest BCUT2D eigenvalue weighted by Crippen LogP contribution is -2.44. The van der Waals surface area contributed by atoms with Crippen molar-refractivity contribution in [3.05, 3.63) is 105 Å². The molecule has 1 heterocycles. The van der Waals surface area contributed by atoms with Crippen LogP contribution in [0.5, 0.6) is 0 Å². The highest BCUT2D eigenvalue weighted by molar-refractivity contribution is 6.80. The van der Waals surface area contributed by atoms with E-state index >= 15 is 0 Å². The minimum absolute atomic E-state index is 0.0623. The number of aromatic nitrogens is 1. The summed E-state index contributed by atoms with van der Waals surface area (Å²) in [6.45, 7) is 6.38. The normalized spacial score (nSPS) is 11.8. The van der Waals surface area contributed by atoms with Gasteiger partial charge in [0.1, 0.15) is 5.52 Å². The molecule has 0 amide bonds. The molecule has 0 aliphatic carbocycles. The molecule has 0 saturated heterocycles. The molecule has 0 N–H and O–H groups in total. The maximum Gasteiger partial charge on any atom is 0.295 e. The molecule has 0 atom stereocenters. The molecule has 0 unspecified atom stereocenters. The van der Waals surface area contributed by atoms with E-state index in [2.05, 4.69) is 45.0 Å². The molecule has 0 aliphatic rings. The number of rotatable bonds is 6. The standard InChI is InChI=1S/C26H24ClN2O3Si/c1-26(2,3)23-21(28-25-20(24(23)27)15-10-16-22(25)29(30)31)17-32-33(18-11-6-4-7-12-18)19-13-8-5-9-14-19/h4-16H,17H2,1-3H3. The van der Waals surface area contributed by atoms with E-state index in [1.165, 1.54) is 6.07 Å². The Hall–Kier alpha value is -3.06. The summed E-state index contributed by atoms with van der Waals surface area (Å²) in [5.41, 5.74) is 1.37. The highest BCUT2D eigenvalue weighted by Gasteiger charge is 2.28. The first-order valence-electron chi connectivity index (χ1n) is 10.6. The lowest BCUT2D eigenvalue weighted by atomic mass is 9.85. The van der Waals surface area contributed by atoms with Crippen LogP contribution in [0.15, 0.2) is 78.9 Å². The van der Waals surface area contributed by atoms with Crippen molar-refractivity contribution in [3.8, 4) is 0 Å². The van der Waals surface area contributed by atoms with Crippen molar-refractivity contribution in [2.24, 2.45) is 0 Å². The van der Waals surface area contributed by atoms with Gasteiger partial charge in [-0.1, -0.05) is 105 Å². The number of hydrogen-bond donors (Lipinski definition) is 0. The number of nitro benzene ring substituents is 1. The van der Waals surface area contributed by atoms with Gasteiger partial charge in [-0.3, -0.25) is 10.1 Å². The van der Waals surface area contributed by atoms with Crippen molar-refractivity contribution in [1.29, 1.82) is 0 Å². The number of hydrogen-bond acceptors (Lipinski definition) is 4. The van der Waals surface area contributed by atoms with Gasteiger partial charge in [0.05, 0.1) is 22.2 Å². The Balaban J connectivity index is 1.83. The van der Waals surface area contributed by atoms with Crippen molar-refractivity contribution in [3.63, 3.8) is 0 Å². The van der Waals surface area contributed by atoms with Crippen LogP contribution in [0.2, 0.25) is 5.02 Å². The van der Waals surface area contributed by atoms with E-state index < -0.39 is 14.0 Å². The fourth-order valence-electron chi connectivity index (χ4n) is 3.94. The summed E-state index contributed by atoms with van der Waals surface area (Å²) in [5.74, 6) is 0. The summed E-state index contributed by atoms with van der Waals surface area (Å²) in [5, 5.41) is 14.9. The van der Waals surface area contributed by atoms with E-state index in [9.17, 15) is 10.1 Å². The summed E-state index contributed by atoms with van der Waals surface area (Å²) in [7, 11) is -1.57. The van der Waals surface area contributed by atoms with Gasteiger partial charge in [0.2, 0.25) is 0 Å². The average molecular weight is 476 g/mol. The van der Waals surface area contributed by atoms with Crippen LogP contribution >= 0.6 is 11.6 Å². The van der Waals surface area contributed by atoms with Gasteiger partial charge in [-0.05, 0) is 15.8 Å². The van der Waals surface area contributed by atoms with Crippen molar-refractivity contribution >= 4 is 47.6 Å². The number of non-ortho nitro benzene ring substituents is 1. The number of benzene rings is 3. The van der Waals surface area contributed by atoms with Gasteiger partial charge in [0.15, 0.2) is 0 Å². The maximum absolute atomic E-state index is 11.7. The quantitative estimate of drug-likeness (QED) is 0.212. The van der Waals surface area contributed by atoms with Crippen molar-refractivity contribution in [1.82, 2.24) is 4.98 Å². The van der Waals surface area contributed by atoms with Crippen molar-refractivity contribution in [2.45, 2.75) is 32.8 Å². The van der Waals surface area contributed by atoms with Crippen LogP contribution in [0.1, 0.15) is 32.0 Å². The number of fused-ring (bicyclic) bond motifs is 1. The van der Waals surface area contributed by atoms with Gasteiger partial charge in [0, 0.05) is 17.0 Å².